The molecule has 0 saturated carbocycles. The maximum Gasteiger partial charge on any atom is 0.326 e. The number of nitrogens with zero attached hydrogens (tertiary/aromatic N) is 2. The molecule has 0 fully saturated rings. The summed E-state index contributed by atoms with van der Waals surface area (Å²) in [4.78, 5) is 30.6. The van der Waals surface area contributed by atoms with Crippen LogP contribution in [0.5, 0.6) is 5.75 Å². The Morgan fingerprint density at radius 1 is 1.24 bits per heavy atom. The highest BCUT2D eigenvalue weighted by Crippen LogP contribution is 2.28. The number of carbonyl (C=O) groups is 2. The van der Waals surface area contributed by atoms with Gasteiger partial charge in [-0.15, -0.1) is 0 Å². The molecule has 0 unspecified atom stereocenters. The fraction of sp³-hybridized carbons (Fsp3) is 0.500. The molecule has 1 aromatic carbocycles. The van der Waals surface area contributed by atoms with E-state index in [-0.39, 0.29) is 24.4 Å². The van der Waals surface area contributed by atoms with Crippen molar-refractivity contribution < 1.29 is 23.8 Å². The first-order valence-corrected chi connectivity index (χ1v) is 14.7. The second-order valence-electron chi connectivity index (χ2n) is 12.2. The van der Waals surface area contributed by atoms with E-state index in [1.165, 1.54) is 11.0 Å². The molecule has 42 heavy (non-hydrogen) atoms. The second-order valence-corrected chi connectivity index (χ2v) is 12.2. The lowest BCUT2D eigenvalue weighted by molar-refractivity contribution is -0.149. The Bertz CT molecular complexity index is 1270. The largest absolute Gasteiger partial charge is 0.493 e. The van der Waals surface area contributed by atoms with Crippen LogP contribution in [0.3, 0.4) is 0 Å². The van der Waals surface area contributed by atoms with Crippen LogP contribution in [0.15, 0.2) is 53.0 Å². The smallest absolute Gasteiger partial charge is 0.326 e. The van der Waals surface area contributed by atoms with Gasteiger partial charge in [-0.05, 0) is 83.6 Å². The van der Waals surface area contributed by atoms with Gasteiger partial charge in [0.15, 0.2) is 0 Å². The molecular weight excluding hydrogens is 530 g/mol. The molecule has 0 spiro atoms. The van der Waals surface area contributed by atoms with Crippen molar-refractivity contribution in [3.63, 3.8) is 0 Å². The summed E-state index contributed by atoms with van der Waals surface area (Å²) in [6, 6.07) is 4.74. The average Bonchev–Trinajstić information content (AvgIpc) is 3.27. The minimum atomic E-state index is -1.01. The van der Waals surface area contributed by atoms with Crippen molar-refractivity contribution in [1.29, 1.82) is 0 Å². The fourth-order valence-electron chi connectivity index (χ4n) is 4.26. The molecule has 3 N–H and O–H groups in total. The number of fused-ring (bicyclic) bond motifs is 1. The molecule has 1 aromatic heterocycles. The van der Waals surface area contributed by atoms with E-state index in [0.29, 0.717) is 30.6 Å². The van der Waals surface area contributed by atoms with E-state index in [2.05, 4.69) is 24.9 Å². The molecule has 2 aromatic rings. The van der Waals surface area contributed by atoms with Crippen LogP contribution in [0.25, 0.3) is 5.57 Å². The number of hydrogen-bond donors (Lipinski definition) is 2. The highest BCUT2D eigenvalue weighted by atomic mass is 16.5. The fourth-order valence-corrected chi connectivity index (χ4v) is 4.26. The van der Waals surface area contributed by atoms with Crippen molar-refractivity contribution in [2.45, 2.75) is 99.2 Å². The minimum Gasteiger partial charge on any atom is -0.493 e. The Morgan fingerprint density at radius 2 is 1.93 bits per heavy atom. The predicted molar refractivity (Wildman–Crippen MR) is 168 cm³/mol. The molecule has 1 amide bonds. The van der Waals surface area contributed by atoms with Crippen molar-refractivity contribution >= 4 is 17.4 Å². The lowest BCUT2D eigenvalue weighted by Gasteiger charge is -2.34. The van der Waals surface area contributed by atoms with E-state index in [9.17, 15) is 14.7 Å². The number of benzene rings is 1. The number of aryl methyl sites for hydroxylation is 1. The van der Waals surface area contributed by atoms with Crippen LogP contribution in [0.2, 0.25) is 0 Å². The van der Waals surface area contributed by atoms with Gasteiger partial charge in [-0.2, -0.15) is 0 Å². The number of aliphatic carboxylic acids is 1. The Kier molecular flexibility index (Phi) is 13.3. The Balaban J connectivity index is 0.00000113. The van der Waals surface area contributed by atoms with Crippen LogP contribution in [0.1, 0.15) is 89.8 Å². The number of allylic oxidation sites excluding steroid dienone is 5. The number of ether oxygens (including phenoxy) is 1. The Hall–Kier alpha value is -3.65. The summed E-state index contributed by atoms with van der Waals surface area (Å²) in [6.07, 6.45) is 11.7. The number of nitrogens with two attached hydrogens (primary N) is 1. The van der Waals surface area contributed by atoms with Gasteiger partial charge < -0.3 is 24.9 Å². The van der Waals surface area contributed by atoms with Crippen molar-refractivity contribution in [2.24, 2.45) is 11.7 Å². The normalized spacial score (nSPS) is 15.6. The molecule has 0 saturated heterocycles. The molecule has 0 radical (unpaired) electrons. The van der Waals surface area contributed by atoms with E-state index in [4.69, 9.17) is 14.9 Å². The van der Waals surface area contributed by atoms with Crippen molar-refractivity contribution in [3.05, 3.63) is 77.1 Å². The molecule has 0 bridgehead atoms. The molecule has 1 aliphatic rings. The SMILES string of the molecule is C/C=C/C=C/C(=O)N1Cc2cc(OCCc3nc(/C(C)=C/CCC(C)C)oc3C)ccc2C[C@H]1C(=O)O.CC(C)(C)N. The van der Waals surface area contributed by atoms with Gasteiger partial charge in [-0.1, -0.05) is 44.2 Å². The van der Waals surface area contributed by atoms with Gasteiger partial charge in [0.25, 0.3) is 0 Å². The maximum absolute atomic E-state index is 12.7. The number of oxazole rings is 1. The summed E-state index contributed by atoms with van der Waals surface area (Å²) < 4.78 is 11.9. The summed E-state index contributed by atoms with van der Waals surface area (Å²) in [5.74, 6) is 1.45. The van der Waals surface area contributed by atoms with Crippen LogP contribution in [0, 0.1) is 12.8 Å². The molecule has 8 heteroatoms. The standard InChI is InChI=1S/C30H38N2O5.C4H11N/c1-6-7-8-12-28(33)32-19-24-17-25(14-13-23(24)18-27(32)30(34)35)36-16-15-26-22(5)37-29(31-26)21(4)11-9-10-20(2)3;1-4(2,3)5/h6-8,11-14,17,20,27H,9-10,15-16,18-19H2,1-5H3,(H,34,35);5H2,1-3H3/b7-6+,12-8+,21-11+;/t27-;/m0./s1. The molecule has 1 atom stereocenters. The molecule has 230 valence electrons. The summed E-state index contributed by atoms with van der Waals surface area (Å²) >= 11 is 0. The van der Waals surface area contributed by atoms with Crippen molar-refractivity contribution in [1.82, 2.24) is 9.88 Å². The number of carboxylic acid groups (broad SMARTS) is 1. The summed E-state index contributed by atoms with van der Waals surface area (Å²) in [5, 5.41) is 9.68. The Morgan fingerprint density at radius 3 is 2.55 bits per heavy atom. The lowest BCUT2D eigenvalue weighted by Crippen LogP contribution is -2.48. The van der Waals surface area contributed by atoms with Gasteiger partial charge in [0, 0.05) is 36.6 Å². The van der Waals surface area contributed by atoms with E-state index in [0.717, 1.165) is 41.0 Å². The van der Waals surface area contributed by atoms with Crippen LogP contribution >= 0.6 is 0 Å². The number of amides is 1. The van der Waals surface area contributed by atoms with Gasteiger partial charge in [-0.25, -0.2) is 9.78 Å². The molecule has 2 heterocycles. The van der Waals surface area contributed by atoms with E-state index < -0.39 is 12.0 Å². The van der Waals surface area contributed by atoms with E-state index >= 15 is 0 Å². The van der Waals surface area contributed by atoms with Crippen LogP contribution in [-0.2, 0) is 29.0 Å². The summed E-state index contributed by atoms with van der Waals surface area (Å²) in [5.41, 5.74) is 9.08. The number of hydrogen-bond acceptors (Lipinski definition) is 6. The second kappa shape index (κ2) is 16.1. The third kappa shape index (κ3) is 11.7. The zero-order chi connectivity index (χ0) is 31.4. The first-order chi connectivity index (χ1) is 19.7. The van der Waals surface area contributed by atoms with E-state index in [1.807, 2.05) is 59.7 Å². The molecule has 8 nitrogen and oxygen atoms in total. The molecular formula is C34H49N3O5. The number of carbonyl (C=O) groups excluding carboxylic acids is 1. The Labute approximate surface area is 251 Å². The third-order valence-corrected chi connectivity index (χ3v) is 6.45. The van der Waals surface area contributed by atoms with Gasteiger partial charge in [0.1, 0.15) is 17.6 Å². The first kappa shape index (κ1) is 34.6. The van der Waals surface area contributed by atoms with Crippen LogP contribution in [-0.4, -0.2) is 45.1 Å². The maximum atomic E-state index is 12.7. The topological polar surface area (TPSA) is 119 Å². The lowest BCUT2D eigenvalue weighted by atomic mass is 9.93. The highest BCUT2D eigenvalue weighted by Gasteiger charge is 2.33. The summed E-state index contributed by atoms with van der Waals surface area (Å²) in [6.45, 7) is 16.8. The van der Waals surface area contributed by atoms with Crippen LogP contribution < -0.4 is 10.5 Å². The molecule has 0 aliphatic carbocycles. The van der Waals surface area contributed by atoms with Gasteiger partial charge in [-0.3, -0.25) is 4.79 Å². The number of carboxylic acids is 1. The van der Waals surface area contributed by atoms with Crippen molar-refractivity contribution in [3.8, 4) is 5.75 Å². The average molecular weight is 580 g/mol. The van der Waals surface area contributed by atoms with Crippen molar-refractivity contribution in [2.75, 3.05) is 6.61 Å². The summed E-state index contributed by atoms with van der Waals surface area (Å²) in [7, 11) is 0. The monoisotopic (exact) mass is 579 g/mol. The van der Waals surface area contributed by atoms with Crippen LogP contribution in [0.4, 0.5) is 0 Å². The zero-order valence-electron chi connectivity index (χ0n) is 26.6. The van der Waals surface area contributed by atoms with Gasteiger partial charge in [0.05, 0.1) is 12.3 Å². The quantitative estimate of drug-likeness (QED) is 0.226. The first-order valence-electron chi connectivity index (χ1n) is 14.7. The highest BCUT2D eigenvalue weighted by molar-refractivity contribution is 5.92. The number of aromatic nitrogens is 1. The predicted octanol–water partition coefficient (Wildman–Crippen LogP) is 6.66. The zero-order valence-corrected chi connectivity index (χ0v) is 26.6. The third-order valence-electron chi connectivity index (χ3n) is 6.45. The van der Waals surface area contributed by atoms with Gasteiger partial charge in [0.2, 0.25) is 11.8 Å². The molecule has 1 aliphatic heterocycles. The van der Waals surface area contributed by atoms with E-state index in [1.54, 1.807) is 18.2 Å². The van der Waals surface area contributed by atoms with Gasteiger partial charge >= 0.3 is 5.97 Å². The number of rotatable bonds is 11. The minimum absolute atomic E-state index is 0. The molecule has 3 rings (SSSR count).